The van der Waals surface area contributed by atoms with E-state index >= 15 is 0 Å². The number of anilines is 1. The van der Waals surface area contributed by atoms with E-state index < -0.39 is 5.97 Å². The Morgan fingerprint density at radius 3 is 2.38 bits per heavy atom. The van der Waals surface area contributed by atoms with Crippen LogP contribution in [0, 0.1) is 0 Å². The van der Waals surface area contributed by atoms with Gasteiger partial charge in [-0.15, -0.1) is 0 Å². The average Bonchev–Trinajstić information content (AvgIpc) is 2.63. The second-order valence-corrected chi connectivity index (χ2v) is 6.27. The van der Waals surface area contributed by atoms with Crippen molar-refractivity contribution in [2.75, 3.05) is 19.0 Å². The van der Waals surface area contributed by atoms with Crippen LogP contribution >= 0.6 is 12.2 Å². The fourth-order valence-corrected chi connectivity index (χ4v) is 2.43. The highest BCUT2D eigenvalue weighted by atomic mass is 32.1. The first-order valence-corrected chi connectivity index (χ1v) is 9.36. The van der Waals surface area contributed by atoms with Gasteiger partial charge >= 0.3 is 5.97 Å². The van der Waals surface area contributed by atoms with Gasteiger partial charge in [0, 0.05) is 12.1 Å². The van der Waals surface area contributed by atoms with E-state index in [-0.39, 0.29) is 23.9 Å². The Kier molecular flexibility index (Phi) is 11.0. The molecule has 0 saturated carbocycles. The number of thiocarbonyl (C=S) groups is 1. The molecule has 0 unspecified atom stereocenters. The van der Waals surface area contributed by atoms with Crippen LogP contribution in [0.15, 0.2) is 24.3 Å². The van der Waals surface area contributed by atoms with Gasteiger partial charge in [-0.05, 0) is 42.9 Å². The smallest absolute Gasteiger partial charge is 0.306 e. The number of carbonyl (C=O) groups excluding carboxylic acids is 2. The van der Waals surface area contributed by atoms with Gasteiger partial charge < -0.3 is 20.1 Å². The lowest BCUT2D eigenvalue weighted by Gasteiger charge is -2.10. The fourth-order valence-electron chi connectivity index (χ4n) is 2.20. The van der Waals surface area contributed by atoms with Crippen LogP contribution in [0.1, 0.15) is 51.9 Å². The number of methoxy groups -OCH3 is 1. The van der Waals surface area contributed by atoms with Gasteiger partial charge in [-0.25, -0.2) is 0 Å². The minimum absolute atomic E-state index is 0.0232. The molecule has 0 saturated heterocycles. The van der Waals surface area contributed by atoms with Crippen LogP contribution in [0.3, 0.4) is 0 Å². The Morgan fingerprint density at radius 1 is 1.04 bits per heavy atom. The molecule has 0 spiro atoms. The summed E-state index contributed by atoms with van der Waals surface area (Å²) in [5, 5.41) is 5.63. The molecule has 1 amide bonds. The Hall–Kier alpha value is -2.15. The van der Waals surface area contributed by atoms with E-state index in [1.165, 1.54) is 32.8 Å². The van der Waals surface area contributed by atoms with Crippen LogP contribution in [0.5, 0.6) is 5.75 Å². The highest BCUT2D eigenvalue weighted by Crippen LogP contribution is 2.16. The van der Waals surface area contributed by atoms with E-state index in [9.17, 15) is 9.59 Å². The van der Waals surface area contributed by atoms with Crippen LogP contribution in [-0.4, -0.2) is 30.7 Å². The Bertz CT molecular complexity index is 575. The number of benzene rings is 1. The van der Waals surface area contributed by atoms with E-state index in [4.69, 9.17) is 17.0 Å². The van der Waals surface area contributed by atoms with Crippen molar-refractivity contribution in [2.45, 2.75) is 51.9 Å². The first-order valence-electron chi connectivity index (χ1n) is 8.95. The van der Waals surface area contributed by atoms with Gasteiger partial charge in [-0.2, -0.15) is 0 Å². The molecule has 0 atom stereocenters. The third kappa shape index (κ3) is 9.98. The number of carbonyl (C=O) groups is 2. The normalized spacial score (nSPS) is 10.1. The molecule has 1 aromatic rings. The van der Waals surface area contributed by atoms with Gasteiger partial charge in [0.25, 0.3) is 0 Å². The van der Waals surface area contributed by atoms with Crippen molar-refractivity contribution in [1.29, 1.82) is 0 Å². The summed E-state index contributed by atoms with van der Waals surface area (Å²) in [7, 11) is 1.28. The minimum atomic E-state index is -0.431. The number of ether oxygens (including phenoxy) is 2. The molecular weight excluding hydrogens is 352 g/mol. The summed E-state index contributed by atoms with van der Waals surface area (Å²) < 4.78 is 10.2. The van der Waals surface area contributed by atoms with E-state index in [0.717, 1.165) is 17.9 Å². The quantitative estimate of drug-likeness (QED) is 0.345. The summed E-state index contributed by atoms with van der Waals surface area (Å²) in [6, 6.07) is 7.38. The number of hydrogen-bond acceptors (Lipinski definition) is 5. The predicted molar refractivity (Wildman–Crippen MR) is 106 cm³/mol. The van der Waals surface area contributed by atoms with Gasteiger partial charge in [0.2, 0.25) is 5.91 Å². The molecule has 1 aromatic carbocycles. The molecule has 0 aliphatic rings. The van der Waals surface area contributed by atoms with Crippen molar-refractivity contribution in [1.82, 2.24) is 5.32 Å². The van der Waals surface area contributed by atoms with Crippen molar-refractivity contribution in [2.24, 2.45) is 0 Å². The molecule has 2 N–H and O–H groups in total. The second-order valence-electron chi connectivity index (χ2n) is 5.87. The van der Waals surface area contributed by atoms with Crippen molar-refractivity contribution in [3.8, 4) is 5.75 Å². The minimum Gasteiger partial charge on any atom is -0.494 e. The summed E-state index contributed by atoms with van der Waals surface area (Å²) in [5.41, 5.74) is 0.749. The van der Waals surface area contributed by atoms with Crippen molar-refractivity contribution < 1.29 is 19.1 Å². The van der Waals surface area contributed by atoms with Gasteiger partial charge in [0.15, 0.2) is 5.11 Å². The molecule has 0 heterocycles. The standard InChI is InChI=1S/C19H28N2O4S/c1-3-4-5-6-7-14-25-16-10-8-15(9-11-16)20-19(26)21-17(22)12-13-18(23)24-2/h8-11H,3-7,12-14H2,1-2H3,(H2,20,21,22,26). The largest absolute Gasteiger partial charge is 0.494 e. The summed E-state index contributed by atoms with van der Waals surface area (Å²) >= 11 is 5.08. The molecule has 1 rings (SSSR count). The van der Waals surface area contributed by atoms with Crippen molar-refractivity contribution in [3.63, 3.8) is 0 Å². The maximum atomic E-state index is 11.7. The van der Waals surface area contributed by atoms with Crippen LogP contribution in [0.2, 0.25) is 0 Å². The first kappa shape index (κ1) is 21.9. The molecule has 0 aliphatic heterocycles. The van der Waals surface area contributed by atoms with Crippen LogP contribution in [-0.2, 0) is 14.3 Å². The van der Waals surface area contributed by atoms with Gasteiger partial charge in [0.05, 0.1) is 20.1 Å². The summed E-state index contributed by atoms with van der Waals surface area (Å²) in [6.07, 6.45) is 6.07. The highest BCUT2D eigenvalue weighted by Gasteiger charge is 2.08. The van der Waals surface area contributed by atoms with Gasteiger partial charge in [0.1, 0.15) is 5.75 Å². The molecule has 0 radical (unpaired) electrons. The summed E-state index contributed by atoms with van der Waals surface area (Å²) in [4.78, 5) is 22.7. The van der Waals surface area contributed by atoms with Crippen LogP contribution in [0.4, 0.5) is 5.69 Å². The lowest BCUT2D eigenvalue weighted by atomic mass is 10.2. The van der Waals surface area contributed by atoms with Gasteiger partial charge in [-0.1, -0.05) is 32.6 Å². The Morgan fingerprint density at radius 2 is 1.73 bits per heavy atom. The average molecular weight is 381 g/mol. The lowest BCUT2D eigenvalue weighted by Crippen LogP contribution is -2.34. The number of rotatable bonds is 11. The second kappa shape index (κ2) is 13.1. The van der Waals surface area contributed by atoms with E-state index in [2.05, 4.69) is 22.3 Å². The summed E-state index contributed by atoms with van der Waals surface area (Å²) in [6.45, 7) is 2.91. The van der Waals surface area contributed by atoms with E-state index in [1.54, 1.807) is 0 Å². The zero-order valence-electron chi connectivity index (χ0n) is 15.5. The third-order valence-electron chi connectivity index (χ3n) is 3.67. The number of esters is 1. The van der Waals surface area contributed by atoms with Crippen molar-refractivity contribution in [3.05, 3.63) is 24.3 Å². The third-order valence-corrected chi connectivity index (χ3v) is 3.87. The monoisotopic (exact) mass is 380 g/mol. The Balaban J connectivity index is 2.27. The van der Waals surface area contributed by atoms with Crippen molar-refractivity contribution >= 4 is 34.9 Å². The number of unbranched alkanes of at least 4 members (excludes halogenated alkanes) is 4. The molecule has 0 aromatic heterocycles. The maximum Gasteiger partial charge on any atom is 0.306 e. The molecule has 0 bridgehead atoms. The molecule has 0 fully saturated rings. The molecule has 0 aliphatic carbocycles. The SMILES string of the molecule is CCCCCCCOc1ccc(NC(=S)NC(=O)CCC(=O)OC)cc1. The van der Waals surface area contributed by atoms with Gasteiger partial charge in [-0.3, -0.25) is 9.59 Å². The molecule has 6 nitrogen and oxygen atoms in total. The highest BCUT2D eigenvalue weighted by molar-refractivity contribution is 7.80. The summed E-state index contributed by atoms with van der Waals surface area (Å²) in [5.74, 6) is 0.0370. The Labute approximate surface area is 160 Å². The predicted octanol–water partition coefficient (Wildman–Crippen LogP) is 3.80. The molecule has 26 heavy (non-hydrogen) atoms. The molecule has 7 heteroatoms. The van der Waals surface area contributed by atoms with E-state index in [0.29, 0.717) is 6.61 Å². The molecular formula is C19H28N2O4S. The lowest BCUT2D eigenvalue weighted by molar-refractivity contribution is -0.142. The topological polar surface area (TPSA) is 76.7 Å². The van der Waals surface area contributed by atoms with Crippen LogP contribution in [0.25, 0.3) is 0 Å². The number of nitrogens with one attached hydrogen (secondary N) is 2. The molecule has 144 valence electrons. The zero-order valence-corrected chi connectivity index (χ0v) is 16.3. The number of amides is 1. The zero-order chi connectivity index (χ0) is 19.2. The first-order chi connectivity index (χ1) is 12.5. The fraction of sp³-hybridized carbons (Fsp3) is 0.526. The number of hydrogen-bond donors (Lipinski definition) is 2. The van der Waals surface area contributed by atoms with Crippen LogP contribution < -0.4 is 15.4 Å². The van der Waals surface area contributed by atoms with E-state index in [1.807, 2.05) is 24.3 Å². The maximum absolute atomic E-state index is 11.7.